The number of nitrogens with zero attached hydrogens (tertiary/aromatic N) is 3. The number of fused-ring (bicyclic) bond motifs is 8. The molecule has 2 heterocycles. The second-order valence-corrected chi connectivity index (χ2v) is 6.77. The summed E-state index contributed by atoms with van der Waals surface area (Å²) in [6.07, 6.45) is 0. The van der Waals surface area contributed by atoms with Gasteiger partial charge in [0.25, 0.3) is 0 Å². The van der Waals surface area contributed by atoms with E-state index in [0.717, 1.165) is 45.0 Å². The Morgan fingerprint density at radius 3 is 2.03 bits per heavy atom. The van der Waals surface area contributed by atoms with Crippen LogP contribution in [-0.4, -0.2) is 18.6 Å². The van der Waals surface area contributed by atoms with Crippen molar-refractivity contribution in [1.82, 2.24) is 4.98 Å². The normalized spacial score (nSPS) is 10.9. The molecule has 1 radical (unpaired) electrons. The summed E-state index contributed by atoms with van der Waals surface area (Å²) in [6, 6.07) is 32.2. The van der Waals surface area contributed by atoms with Gasteiger partial charge in [-0.3, -0.25) is 18.6 Å². The van der Waals surface area contributed by atoms with Gasteiger partial charge in [-0.15, -0.1) is 53.2 Å². The van der Waals surface area contributed by atoms with Crippen molar-refractivity contribution < 1.29 is 29.7 Å². The molecule has 0 spiro atoms. The number of para-hydroxylation sites is 2. The van der Waals surface area contributed by atoms with Crippen molar-refractivity contribution in [2.24, 2.45) is 0 Å². The van der Waals surface area contributed by atoms with E-state index in [4.69, 9.17) is 25.2 Å². The monoisotopic (exact) mass is 611 g/mol. The summed E-state index contributed by atoms with van der Waals surface area (Å²) in [4.78, 5) is 20.3. The number of hydrogen-bond acceptors (Lipinski definition) is 3. The average molecular weight is 611 g/mol. The molecule has 0 fully saturated rings. The third-order valence-corrected chi connectivity index (χ3v) is 4.87. The number of aromatic nitrogens is 1. The molecule has 5 rings (SSSR count). The van der Waals surface area contributed by atoms with Crippen molar-refractivity contribution in [3.63, 3.8) is 0 Å². The van der Waals surface area contributed by atoms with Crippen LogP contribution in [0.25, 0.3) is 33.0 Å². The van der Waals surface area contributed by atoms with Gasteiger partial charge >= 0.3 is 0 Å². The van der Waals surface area contributed by atoms with Crippen LogP contribution in [0.2, 0.25) is 0 Å². The van der Waals surface area contributed by atoms with E-state index in [1.807, 2.05) is 54.6 Å². The Morgan fingerprint density at radius 1 is 0.667 bits per heavy atom. The molecule has 33 heavy (non-hydrogen) atoms. The summed E-state index contributed by atoms with van der Waals surface area (Å²) in [5, 5.41) is 9.71. The first-order chi connectivity index (χ1) is 15.9. The van der Waals surface area contributed by atoms with Crippen LogP contribution in [0.3, 0.4) is 0 Å². The molecule has 169 valence electrons. The molecule has 0 amide bonds. The van der Waals surface area contributed by atoms with Gasteiger partial charge in [-0.05, 0) is 17.7 Å². The smallest absolute Gasteiger partial charge is 0.0692 e. The van der Waals surface area contributed by atoms with Crippen LogP contribution >= 0.6 is 0 Å². The van der Waals surface area contributed by atoms with Gasteiger partial charge in [0.1, 0.15) is 0 Å². The van der Waals surface area contributed by atoms with Gasteiger partial charge in [0, 0.05) is 25.8 Å². The van der Waals surface area contributed by atoms with Crippen molar-refractivity contribution in [3.8, 4) is 22.4 Å². The van der Waals surface area contributed by atoms with Crippen LogP contribution in [0, 0.1) is 6.07 Å². The Balaban J connectivity index is 0.000000733. The molecule has 5 nitrogen and oxygen atoms in total. The molecule has 0 unspecified atom stereocenters. The van der Waals surface area contributed by atoms with Crippen molar-refractivity contribution in [2.75, 3.05) is 0 Å². The van der Waals surface area contributed by atoms with Crippen molar-refractivity contribution >= 4 is 25.0 Å². The maximum Gasteiger partial charge on any atom is 0.0692 e. The molecule has 0 aliphatic carbocycles. The molecule has 1 aromatic heterocycles. The molecule has 4 bridgehead atoms. The summed E-state index contributed by atoms with van der Waals surface area (Å²) >= 11 is 0. The number of pyridine rings is 1. The fraction of sp³-hybridized carbons (Fsp3) is 0.0741. The van der Waals surface area contributed by atoms with E-state index in [0.29, 0.717) is 13.1 Å². The van der Waals surface area contributed by atoms with Crippen LogP contribution in [0.15, 0.2) is 84.9 Å². The summed E-state index contributed by atoms with van der Waals surface area (Å²) in [5.41, 5.74) is 7.99. The van der Waals surface area contributed by atoms with E-state index in [2.05, 4.69) is 50.0 Å². The van der Waals surface area contributed by atoms with Crippen LogP contribution in [0.4, 0.5) is 11.4 Å². The number of hydrogen-bond donors (Lipinski definition) is 0. The standard InChI is InChI=1S/C25H18N3.2CHO.Ir/c1-3-12-23-21(10-1)19-8-5-7-18(15-19)16-26-24-13-4-2-11-22(24)25-14-6-9-20(28-25)17-27-23;2*1-2;/h1-14H,16-17H2;2*1H;/q-3;2*-1;. The minimum atomic E-state index is 0. The van der Waals surface area contributed by atoms with Gasteiger partial charge in [-0.2, -0.15) is 5.69 Å². The first-order valence-corrected chi connectivity index (χ1v) is 9.85. The maximum absolute atomic E-state index is 7.75. The number of benzene rings is 3. The summed E-state index contributed by atoms with van der Waals surface area (Å²) in [7, 11) is 0. The number of carbonyl (C=O) groups excluding carboxylic acids is 2. The Labute approximate surface area is 207 Å². The molecular formula is C27H20IrN3O2-5. The quantitative estimate of drug-likeness (QED) is 0.171. The zero-order chi connectivity index (χ0) is 22.8. The fourth-order valence-electron chi connectivity index (χ4n) is 3.49. The van der Waals surface area contributed by atoms with Crippen LogP contribution in [-0.2, 0) is 42.8 Å². The minimum Gasteiger partial charge on any atom is -0.687 e. The molecule has 6 heteroatoms. The predicted molar refractivity (Wildman–Crippen MR) is 127 cm³/mol. The molecule has 1 aliphatic rings. The third kappa shape index (κ3) is 6.22. The van der Waals surface area contributed by atoms with Gasteiger partial charge in [0.15, 0.2) is 0 Å². The fourth-order valence-corrected chi connectivity index (χ4v) is 3.49. The molecule has 0 N–H and O–H groups in total. The zero-order valence-electron chi connectivity index (χ0n) is 17.6. The average Bonchev–Trinajstić information content (AvgIpc) is 2.89. The van der Waals surface area contributed by atoms with E-state index >= 15 is 0 Å². The largest absolute Gasteiger partial charge is 0.687 e. The summed E-state index contributed by atoms with van der Waals surface area (Å²) in [5.74, 6) is 0. The molecule has 0 saturated carbocycles. The Morgan fingerprint density at radius 2 is 1.27 bits per heavy atom. The van der Waals surface area contributed by atoms with Crippen molar-refractivity contribution in [3.05, 3.63) is 113 Å². The van der Waals surface area contributed by atoms with Crippen LogP contribution in [0.1, 0.15) is 11.3 Å². The van der Waals surface area contributed by atoms with E-state index in [1.165, 1.54) is 0 Å². The number of rotatable bonds is 0. The van der Waals surface area contributed by atoms with Crippen molar-refractivity contribution in [1.29, 1.82) is 0 Å². The van der Waals surface area contributed by atoms with Gasteiger partial charge in [0.05, 0.1) is 5.69 Å². The van der Waals surface area contributed by atoms with Gasteiger partial charge in [-0.25, -0.2) is 0 Å². The Kier molecular flexibility index (Phi) is 10.2. The summed E-state index contributed by atoms with van der Waals surface area (Å²) < 4.78 is 0. The molecule has 4 aromatic rings. The topological polar surface area (TPSA) is 75.2 Å². The second kappa shape index (κ2) is 13.1. The first kappa shape index (κ1) is 25.7. The van der Waals surface area contributed by atoms with Gasteiger partial charge in [0.2, 0.25) is 0 Å². The Bertz CT molecular complexity index is 1090. The Hall–Kier alpha value is -3.60. The predicted octanol–water partition coefficient (Wildman–Crippen LogP) is 6.39. The van der Waals surface area contributed by atoms with E-state index in [1.54, 1.807) is 0 Å². The van der Waals surface area contributed by atoms with E-state index in [-0.39, 0.29) is 20.1 Å². The van der Waals surface area contributed by atoms with Gasteiger partial charge < -0.3 is 20.2 Å². The molecule has 1 aliphatic heterocycles. The van der Waals surface area contributed by atoms with E-state index < -0.39 is 0 Å². The van der Waals surface area contributed by atoms with E-state index in [9.17, 15) is 0 Å². The minimum absolute atomic E-state index is 0. The second-order valence-electron chi connectivity index (χ2n) is 6.77. The third-order valence-electron chi connectivity index (χ3n) is 4.87. The van der Waals surface area contributed by atoms with Crippen LogP contribution in [0.5, 0.6) is 0 Å². The SMILES string of the molecule is [CH-]=O.[CH-]=O.[Ir].[c-]1c2cccc1-c1ccccc1[N-]Cc1cccc(n1)-c1ccccc1[N-]C2. The van der Waals surface area contributed by atoms with Gasteiger partial charge in [-0.1, -0.05) is 61.1 Å². The molecule has 0 atom stereocenters. The van der Waals surface area contributed by atoms with Crippen molar-refractivity contribution in [2.45, 2.75) is 13.1 Å². The summed E-state index contributed by atoms with van der Waals surface area (Å²) in [6.45, 7) is 7.60. The zero-order valence-corrected chi connectivity index (χ0v) is 20.0. The first-order valence-electron chi connectivity index (χ1n) is 9.85. The molecule has 3 aromatic carbocycles. The molecular weight excluding hydrogens is 591 g/mol. The van der Waals surface area contributed by atoms with Crippen LogP contribution < -0.4 is 0 Å². The molecule has 0 saturated heterocycles. The maximum atomic E-state index is 7.75.